The Balaban J connectivity index is 1.73. The van der Waals surface area contributed by atoms with E-state index in [1.54, 1.807) is 18.2 Å². The van der Waals surface area contributed by atoms with Gasteiger partial charge in [-0.15, -0.1) is 0 Å². The summed E-state index contributed by atoms with van der Waals surface area (Å²) in [5.74, 6) is 0.320. The fourth-order valence-electron chi connectivity index (χ4n) is 3.13. The summed E-state index contributed by atoms with van der Waals surface area (Å²) in [6.45, 7) is 5.95. The van der Waals surface area contributed by atoms with E-state index in [2.05, 4.69) is 12.2 Å². The first-order valence-corrected chi connectivity index (χ1v) is 9.14. The van der Waals surface area contributed by atoms with Gasteiger partial charge in [-0.1, -0.05) is 25.5 Å². The van der Waals surface area contributed by atoms with Gasteiger partial charge in [0.05, 0.1) is 12.0 Å². The number of benzene rings is 2. The highest BCUT2D eigenvalue weighted by Crippen LogP contribution is 2.33. The number of unbranched alkanes of at least 4 members (excludes halogenated alkanes) is 1. The number of ketones is 1. The molecule has 0 spiro atoms. The molecule has 1 N–H and O–H groups in total. The SMILES string of the molecule is CCCCc1ccc(NC(=O)c2ccc3c(c2)C(=O)CC(C)(C)O3)cc1. The standard InChI is InChI=1S/C22H25NO3/c1-4-5-6-15-7-10-17(11-8-15)23-21(25)16-9-12-20-18(13-16)19(24)14-22(2,3)26-20/h7-13H,4-6,14H2,1-3H3,(H,23,25). The van der Waals surface area contributed by atoms with Gasteiger partial charge in [0.25, 0.3) is 5.91 Å². The zero-order chi connectivity index (χ0) is 18.7. The number of hydrogen-bond donors (Lipinski definition) is 1. The number of fused-ring (bicyclic) bond motifs is 1. The van der Waals surface area contributed by atoms with Crippen molar-refractivity contribution < 1.29 is 14.3 Å². The minimum absolute atomic E-state index is 0.00572. The fraction of sp³-hybridized carbons (Fsp3) is 0.364. The number of carbonyl (C=O) groups is 2. The molecule has 0 aliphatic carbocycles. The van der Waals surface area contributed by atoms with Crippen molar-refractivity contribution in [3.05, 3.63) is 59.2 Å². The summed E-state index contributed by atoms with van der Waals surface area (Å²) < 4.78 is 5.84. The molecule has 136 valence electrons. The van der Waals surface area contributed by atoms with Gasteiger partial charge < -0.3 is 10.1 Å². The minimum Gasteiger partial charge on any atom is -0.487 e. The largest absolute Gasteiger partial charge is 0.487 e. The van der Waals surface area contributed by atoms with Gasteiger partial charge in [-0.3, -0.25) is 9.59 Å². The maximum absolute atomic E-state index is 12.5. The van der Waals surface area contributed by atoms with Crippen LogP contribution < -0.4 is 10.1 Å². The molecule has 1 aliphatic heterocycles. The number of aryl methyl sites for hydroxylation is 1. The van der Waals surface area contributed by atoms with Crippen LogP contribution in [0.1, 0.15) is 66.3 Å². The lowest BCUT2D eigenvalue weighted by molar-refractivity contribution is 0.0620. The Hall–Kier alpha value is -2.62. The molecule has 0 unspecified atom stereocenters. The molecule has 4 heteroatoms. The second kappa shape index (κ2) is 7.32. The van der Waals surface area contributed by atoms with Gasteiger partial charge in [0, 0.05) is 11.3 Å². The smallest absolute Gasteiger partial charge is 0.255 e. The zero-order valence-electron chi connectivity index (χ0n) is 15.6. The van der Waals surface area contributed by atoms with Crippen molar-refractivity contribution in [1.29, 1.82) is 0 Å². The monoisotopic (exact) mass is 351 g/mol. The van der Waals surface area contributed by atoms with E-state index in [1.807, 2.05) is 38.1 Å². The number of rotatable bonds is 5. The Morgan fingerprint density at radius 2 is 1.88 bits per heavy atom. The third-order valence-corrected chi connectivity index (χ3v) is 4.55. The quantitative estimate of drug-likeness (QED) is 0.822. The number of ether oxygens (including phenoxy) is 1. The average molecular weight is 351 g/mol. The van der Waals surface area contributed by atoms with E-state index in [0.717, 1.165) is 24.9 Å². The zero-order valence-corrected chi connectivity index (χ0v) is 15.6. The molecule has 0 radical (unpaired) electrons. The lowest BCUT2D eigenvalue weighted by Gasteiger charge is -2.31. The molecule has 0 atom stereocenters. The van der Waals surface area contributed by atoms with Crippen LogP contribution in [0.2, 0.25) is 0 Å². The molecule has 1 heterocycles. The van der Waals surface area contributed by atoms with Crippen molar-refractivity contribution in [2.24, 2.45) is 0 Å². The Morgan fingerprint density at radius 1 is 1.15 bits per heavy atom. The van der Waals surface area contributed by atoms with Crippen LogP contribution >= 0.6 is 0 Å². The molecule has 0 saturated carbocycles. The lowest BCUT2D eigenvalue weighted by atomic mass is 9.92. The molecule has 0 aromatic heterocycles. The number of anilines is 1. The molecular formula is C22H25NO3. The van der Waals surface area contributed by atoms with Crippen molar-refractivity contribution in [1.82, 2.24) is 0 Å². The third kappa shape index (κ3) is 4.13. The summed E-state index contributed by atoms with van der Waals surface area (Å²) in [5, 5.41) is 2.89. The second-order valence-corrected chi connectivity index (χ2v) is 7.43. The summed E-state index contributed by atoms with van der Waals surface area (Å²) in [4.78, 5) is 24.9. The molecule has 0 bridgehead atoms. The Kier molecular flexibility index (Phi) is 5.12. The van der Waals surface area contributed by atoms with Crippen LogP contribution in [0.3, 0.4) is 0 Å². The van der Waals surface area contributed by atoms with Crippen LogP contribution in [0.4, 0.5) is 5.69 Å². The topological polar surface area (TPSA) is 55.4 Å². The molecule has 0 fully saturated rings. The first-order chi connectivity index (χ1) is 12.4. The summed E-state index contributed by atoms with van der Waals surface area (Å²) in [6.07, 6.45) is 3.68. The molecule has 0 saturated heterocycles. The van der Waals surface area contributed by atoms with Crippen LogP contribution in [0.5, 0.6) is 5.75 Å². The number of nitrogens with one attached hydrogen (secondary N) is 1. The summed E-state index contributed by atoms with van der Waals surface area (Å²) in [6, 6.07) is 12.9. The second-order valence-electron chi connectivity index (χ2n) is 7.43. The first kappa shape index (κ1) is 18.2. The van der Waals surface area contributed by atoms with E-state index in [4.69, 9.17) is 4.74 Å². The Bertz CT molecular complexity index is 822. The minimum atomic E-state index is -0.507. The van der Waals surface area contributed by atoms with E-state index in [9.17, 15) is 9.59 Å². The van der Waals surface area contributed by atoms with Crippen molar-refractivity contribution in [3.63, 3.8) is 0 Å². The third-order valence-electron chi connectivity index (χ3n) is 4.55. The van der Waals surface area contributed by atoms with Gasteiger partial charge in [-0.25, -0.2) is 0 Å². The maximum Gasteiger partial charge on any atom is 0.255 e. The average Bonchev–Trinajstić information content (AvgIpc) is 2.60. The van der Waals surface area contributed by atoms with Gasteiger partial charge in [0.2, 0.25) is 0 Å². The van der Waals surface area contributed by atoms with Crippen LogP contribution in [0, 0.1) is 0 Å². The van der Waals surface area contributed by atoms with E-state index < -0.39 is 5.60 Å². The van der Waals surface area contributed by atoms with E-state index >= 15 is 0 Å². The van der Waals surface area contributed by atoms with Crippen LogP contribution in [-0.4, -0.2) is 17.3 Å². The molecule has 1 aliphatic rings. The molecular weight excluding hydrogens is 326 g/mol. The van der Waals surface area contributed by atoms with Crippen molar-refractivity contribution in [2.45, 2.75) is 52.1 Å². The Labute approximate surface area is 154 Å². The first-order valence-electron chi connectivity index (χ1n) is 9.14. The maximum atomic E-state index is 12.5. The van der Waals surface area contributed by atoms with E-state index in [0.29, 0.717) is 23.3 Å². The molecule has 2 aromatic carbocycles. The normalized spacial score (nSPS) is 15.1. The highest BCUT2D eigenvalue weighted by atomic mass is 16.5. The van der Waals surface area contributed by atoms with Gasteiger partial charge in [-0.05, 0) is 62.6 Å². The molecule has 3 rings (SSSR count). The van der Waals surface area contributed by atoms with Gasteiger partial charge in [0.15, 0.2) is 5.78 Å². The highest BCUT2D eigenvalue weighted by Gasteiger charge is 2.32. The number of amides is 1. The van der Waals surface area contributed by atoms with Crippen LogP contribution in [0.25, 0.3) is 0 Å². The fourth-order valence-corrected chi connectivity index (χ4v) is 3.13. The molecule has 26 heavy (non-hydrogen) atoms. The van der Waals surface area contributed by atoms with Crippen molar-refractivity contribution in [2.75, 3.05) is 5.32 Å². The van der Waals surface area contributed by atoms with Gasteiger partial charge in [0.1, 0.15) is 11.4 Å². The summed E-state index contributed by atoms with van der Waals surface area (Å²) in [7, 11) is 0. The molecule has 4 nitrogen and oxygen atoms in total. The van der Waals surface area contributed by atoms with Crippen molar-refractivity contribution >= 4 is 17.4 Å². The number of hydrogen-bond acceptors (Lipinski definition) is 3. The van der Waals surface area contributed by atoms with Crippen LogP contribution in [0.15, 0.2) is 42.5 Å². The lowest BCUT2D eigenvalue weighted by Crippen LogP contribution is -2.36. The molecule has 2 aromatic rings. The number of Topliss-reactive ketones (excluding diaryl/α,β-unsaturated/α-hetero) is 1. The Morgan fingerprint density at radius 3 is 2.58 bits per heavy atom. The van der Waals surface area contributed by atoms with E-state index in [1.165, 1.54) is 5.56 Å². The number of carbonyl (C=O) groups excluding carboxylic acids is 2. The van der Waals surface area contributed by atoms with Crippen molar-refractivity contribution in [3.8, 4) is 5.75 Å². The van der Waals surface area contributed by atoms with Crippen LogP contribution in [-0.2, 0) is 6.42 Å². The highest BCUT2D eigenvalue weighted by molar-refractivity contribution is 6.07. The predicted molar refractivity (Wildman–Crippen MR) is 103 cm³/mol. The van der Waals surface area contributed by atoms with Gasteiger partial charge in [-0.2, -0.15) is 0 Å². The van der Waals surface area contributed by atoms with Gasteiger partial charge >= 0.3 is 0 Å². The predicted octanol–water partition coefficient (Wildman–Crippen LogP) is 5.03. The summed E-state index contributed by atoms with van der Waals surface area (Å²) >= 11 is 0. The molecule has 1 amide bonds. The van der Waals surface area contributed by atoms with E-state index in [-0.39, 0.29) is 11.7 Å². The summed E-state index contributed by atoms with van der Waals surface area (Å²) in [5.41, 5.74) is 2.44.